The molecule has 8 heavy (non-hydrogen) atoms. The highest BCUT2D eigenvalue weighted by Crippen LogP contribution is 1.80. The summed E-state index contributed by atoms with van der Waals surface area (Å²) in [5, 5.41) is 0. The summed E-state index contributed by atoms with van der Waals surface area (Å²) >= 11 is 0. The molecule has 0 aromatic rings. The molecule has 0 aliphatic heterocycles. The van der Waals surface area contributed by atoms with Crippen molar-refractivity contribution in [2.45, 2.75) is 13.8 Å². The Balaban J connectivity index is 2.82. The van der Waals surface area contributed by atoms with E-state index in [9.17, 15) is 0 Å². The third-order valence-electron chi connectivity index (χ3n) is 0.620. The fourth-order valence-electron chi connectivity index (χ4n) is 0.276. The molecule has 48 valence electrons. The molecule has 0 aromatic carbocycles. The summed E-state index contributed by atoms with van der Waals surface area (Å²) in [5.41, 5.74) is 3.82. The van der Waals surface area contributed by atoms with Gasteiger partial charge in [0.15, 0.2) is 0 Å². The molecule has 0 saturated heterocycles. The van der Waals surface area contributed by atoms with E-state index in [1.165, 1.54) is 0 Å². The first-order chi connectivity index (χ1) is 3.77. The van der Waals surface area contributed by atoms with Gasteiger partial charge in [0, 0.05) is 6.54 Å². The lowest BCUT2D eigenvalue weighted by molar-refractivity contribution is 0.0572. The van der Waals surface area contributed by atoms with Gasteiger partial charge in [-0.15, -0.1) is 0 Å². The zero-order valence-electron chi connectivity index (χ0n) is 5.53. The van der Waals surface area contributed by atoms with Gasteiger partial charge in [-0.2, -0.15) is 5.48 Å². The van der Waals surface area contributed by atoms with Crippen LogP contribution in [0.15, 0.2) is 12.2 Å². The summed E-state index contributed by atoms with van der Waals surface area (Å²) in [4.78, 5) is 4.83. The molecule has 0 rings (SSSR count). The predicted molar refractivity (Wildman–Crippen MR) is 34.4 cm³/mol. The van der Waals surface area contributed by atoms with Crippen LogP contribution in [0.1, 0.15) is 13.8 Å². The first kappa shape index (κ1) is 7.66. The molecule has 0 aliphatic rings. The zero-order valence-corrected chi connectivity index (χ0v) is 5.53. The van der Waals surface area contributed by atoms with Gasteiger partial charge in [-0.1, -0.05) is 12.2 Å². The minimum absolute atomic E-state index is 0.702. The van der Waals surface area contributed by atoms with Crippen molar-refractivity contribution in [3.63, 3.8) is 0 Å². The molecule has 0 fully saturated rings. The van der Waals surface area contributed by atoms with Gasteiger partial charge in [-0.3, -0.25) is 0 Å². The van der Waals surface area contributed by atoms with Crippen LogP contribution in [0.25, 0.3) is 0 Å². The molecule has 0 bridgehead atoms. The molecule has 2 heteroatoms. The van der Waals surface area contributed by atoms with Crippen molar-refractivity contribution in [3.8, 4) is 0 Å². The molecular weight excluding hydrogens is 102 g/mol. The van der Waals surface area contributed by atoms with E-state index in [-0.39, 0.29) is 0 Å². The summed E-state index contributed by atoms with van der Waals surface area (Å²) in [6.45, 7) is 9.02. The average Bonchev–Trinajstić information content (AvgIpc) is 1.66. The van der Waals surface area contributed by atoms with Gasteiger partial charge in [-0.05, 0) is 13.8 Å². The summed E-state index contributed by atoms with van der Waals surface area (Å²) in [5.74, 6) is 0. The van der Waals surface area contributed by atoms with Gasteiger partial charge in [0.05, 0.1) is 6.61 Å². The lowest BCUT2D eigenvalue weighted by Crippen LogP contribution is -2.15. The minimum atomic E-state index is 0.702. The Bertz CT molecular complexity index is 70.9. The van der Waals surface area contributed by atoms with Crippen molar-refractivity contribution in [1.29, 1.82) is 0 Å². The van der Waals surface area contributed by atoms with Crippen LogP contribution in [0.5, 0.6) is 0 Å². The molecule has 0 atom stereocenters. The zero-order chi connectivity index (χ0) is 6.41. The molecule has 1 N–H and O–H groups in total. The second kappa shape index (κ2) is 4.81. The van der Waals surface area contributed by atoms with Gasteiger partial charge in [-0.25, -0.2) is 0 Å². The van der Waals surface area contributed by atoms with Crippen LogP contribution in [0.3, 0.4) is 0 Å². The van der Waals surface area contributed by atoms with Gasteiger partial charge in [0.1, 0.15) is 0 Å². The van der Waals surface area contributed by atoms with Crippen molar-refractivity contribution < 1.29 is 4.84 Å². The largest absolute Gasteiger partial charge is 0.302 e. The van der Waals surface area contributed by atoms with Crippen molar-refractivity contribution in [2.24, 2.45) is 0 Å². The maximum Gasteiger partial charge on any atom is 0.0654 e. The van der Waals surface area contributed by atoms with Crippen LogP contribution in [-0.2, 0) is 4.84 Å². The van der Waals surface area contributed by atoms with E-state index in [1.807, 2.05) is 13.8 Å². The Morgan fingerprint density at radius 1 is 1.75 bits per heavy atom. The van der Waals surface area contributed by atoms with Crippen LogP contribution in [0.4, 0.5) is 0 Å². The molecular formula is C6H13NO. The first-order valence-corrected chi connectivity index (χ1v) is 2.76. The van der Waals surface area contributed by atoms with E-state index in [0.717, 1.165) is 12.1 Å². The van der Waals surface area contributed by atoms with Crippen molar-refractivity contribution >= 4 is 0 Å². The second-order valence-corrected chi connectivity index (χ2v) is 1.71. The molecule has 0 amide bonds. The maximum atomic E-state index is 4.83. The van der Waals surface area contributed by atoms with Gasteiger partial charge >= 0.3 is 0 Å². The van der Waals surface area contributed by atoms with Crippen LogP contribution in [0, 0.1) is 0 Å². The quantitative estimate of drug-likeness (QED) is 0.336. The smallest absolute Gasteiger partial charge is 0.0654 e. The fourth-order valence-corrected chi connectivity index (χ4v) is 0.276. The van der Waals surface area contributed by atoms with E-state index in [4.69, 9.17) is 4.84 Å². The van der Waals surface area contributed by atoms with Gasteiger partial charge < -0.3 is 4.84 Å². The predicted octanol–water partition coefficient (Wildman–Crippen LogP) is 1.10. The summed E-state index contributed by atoms with van der Waals surface area (Å²) < 4.78 is 0. The summed E-state index contributed by atoms with van der Waals surface area (Å²) in [6, 6.07) is 0. The minimum Gasteiger partial charge on any atom is -0.302 e. The molecule has 0 unspecified atom stereocenters. The topological polar surface area (TPSA) is 21.3 Å². The lowest BCUT2D eigenvalue weighted by atomic mass is 10.4. The lowest BCUT2D eigenvalue weighted by Gasteiger charge is -2.00. The Labute approximate surface area is 50.5 Å². The average molecular weight is 115 g/mol. The van der Waals surface area contributed by atoms with E-state index >= 15 is 0 Å². The molecule has 0 aromatic heterocycles. The van der Waals surface area contributed by atoms with Crippen LogP contribution in [-0.4, -0.2) is 13.2 Å². The van der Waals surface area contributed by atoms with Crippen molar-refractivity contribution in [2.75, 3.05) is 13.2 Å². The SMILES string of the molecule is C=C(C)CNOCC. The molecule has 0 radical (unpaired) electrons. The van der Waals surface area contributed by atoms with Crippen molar-refractivity contribution in [1.82, 2.24) is 5.48 Å². The van der Waals surface area contributed by atoms with E-state index in [2.05, 4.69) is 12.1 Å². The highest BCUT2D eigenvalue weighted by atomic mass is 16.6. The van der Waals surface area contributed by atoms with E-state index in [1.54, 1.807) is 0 Å². The summed E-state index contributed by atoms with van der Waals surface area (Å²) in [7, 11) is 0. The number of hydrogen-bond donors (Lipinski definition) is 1. The molecule has 0 saturated carbocycles. The van der Waals surface area contributed by atoms with E-state index < -0.39 is 0 Å². The van der Waals surface area contributed by atoms with Crippen LogP contribution < -0.4 is 5.48 Å². The second-order valence-electron chi connectivity index (χ2n) is 1.71. The highest BCUT2D eigenvalue weighted by molar-refractivity contribution is 4.88. The van der Waals surface area contributed by atoms with Gasteiger partial charge in [0.2, 0.25) is 0 Å². The Kier molecular flexibility index (Phi) is 4.61. The van der Waals surface area contributed by atoms with E-state index in [0.29, 0.717) is 6.61 Å². The number of nitrogens with one attached hydrogen (secondary N) is 1. The summed E-state index contributed by atoms with van der Waals surface area (Å²) in [6.07, 6.45) is 0. The number of rotatable bonds is 4. The Hall–Kier alpha value is -0.340. The Morgan fingerprint density at radius 3 is 2.75 bits per heavy atom. The third-order valence-corrected chi connectivity index (χ3v) is 0.620. The molecule has 0 spiro atoms. The monoisotopic (exact) mass is 115 g/mol. The maximum absolute atomic E-state index is 4.83. The van der Waals surface area contributed by atoms with Crippen molar-refractivity contribution in [3.05, 3.63) is 12.2 Å². The number of hydrogen-bond acceptors (Lipinski definition) is 2. The molecule has 0 aliphatic carbocycles. The third kappa shape index (κ3) is 5.66. The van der Waals surface area contributed by atoms with Gasteiger partial charge in [0.25, 0.3) is 0 Å². The molecule has 2 nitrogen and oxygen atoms in total. The van der Waals surface area contributed by atoms with Crippen LogP contribution in [0.2, 0.25) is 0 Å². The highest BCUT2D eigenvalue weighted by Gasteiger charge is 1.81. The Morgan fingerprint density at radius 2 is 2.38 bits per heavy atom. The fraction of sp³-hybridized carbons (Fsp3) is 0.667. The first-order valence-electron chi connectivity index (χ1n) is 2.76. The van der Waals surface area contributed by atoms with Crippen LogP contribution >= 0.6 is 0 Å². The standard InChI is InChI=1S/C6H13NO/c1-4-8-7-5-6(2)3/h7H,2,4-5H2,1,3H3. The normalized spacial score (nSPS) is 9.25. The number of hydroxylamine groups is 1. The molecule has 0 heterocycles.